The van der Waals surface area contributed by atoms with E-state index in [1.807, 2.05) is 72.8 Å². The Hall–Kier alpha value is -4.25. The fourth-order valence-electron chi connectivity index (χ4n) is 3.82. The van der Waals surface area contributed by atoms with Crippen molar-refractivity contribution in [1.82, 2.24) is 14.5 Å². The highest BCUT2D eigenvalue weighted by molar-refractivity contribution is 5.96. The largest absolute Gasteiger partial charge is 0.478 e. The second-order valence-electron chi connectivity index (χ2n) is 7.27. The number of fused-ring (bicyclic) bond motifs is 1. The van der Waals surface area contributed by atoms with Gasteiger partial charge in [-0.2, -0.15) is 0 Å². The van der Waals surface area contributed by atoms with E-state index in [9.17, 15) is 9.90 Å². The molecule has 5 heteroatoms. The lowest BCUT2D eigenvalue weighted by Crippen LogP contribution is -2.03. The average molecular weight is 405 g/mol. The van der Waals surface area contributed by atoms with Crippen LogP contribution in [-0.2, 0) is 6.54 Å². The molecule has 31 heavy (non-hydrogen) atoms. The van der Waals surface area contributed by atoms with Gasteiger partial charge in [0.05, 0.1) is 16.6 Å². The molecule has 0 unspecified atom stereocenters. The van der Waals surface area contributed by atoms with Crippen molar-refractivity contribution in [2.24, 2.45) is 0 Å². The molecule has 0 aliphatic rings. The Morgan fingerprint density at radius 2 is 1.58 bits per heavy atom. The minimum absolute atomic E-state index is 0.299. The Labute approximate surface area is 179 Å². The van der Waals surface area contributed by atoms with E-state index in [1.165, 1.54) is 0 Å². The van der Waals surface area contributed by atoms with Gasteiger partial charge in [0.1, 0.15) is 5.69 Å². The smallest absolute Gasteiger partial charge is 0.336 e. The highest BCUT2D eigenvalue weighted by atomic mass is 16.4. The number of aromatic nitrogens is 3. The maximum absolute atomic E-state index is 11.6. The van der Waals surface area contributed by atoms with Crippen molar-refractivity contribution < 1.29 is 9.90 Å². The predicted octanol–water partition coefficient (Wildman–Crippen LogP) is 5.51. The van der Waals surface area contributed by atoms with E-state index in [0.29, 0.717) is 17.7 Å². The lowest BCUT2D eigenvalue weighted by atomic mass is 9.99. The molecule has 150 valence electrons. The maximum Gasteiger partial charge on any atom is 0.336 e. The number of carbonyl (C=O) groups is 1. The minimum Gasteiger partial charge on any atom is -0.478 e. The third kappa shape index (κ3) is 3.57. The van der Waals surface area contributed by atoms with E-state index in [2.05, 4.69) is 15.6 Å². The van der Waals surface area contributed by atoms with E-state index in [1.54, 1.807) is 18.3 Å². The summed E-state index contributed by atoms with van der Waals surface area (Å²) in [4.78, 5) is 20.9. The van der Waals surface area contributed by atoms with Gasteiger partial charge < -0.3 is 9.67 Å². The predicted molar refractivity (Wildman–Crippen MR) is 121 cm³/mol. The number of hydrogen-bond donors (Lipinski definition) is 1. The summed E-state index contributed by atoms with van der Waals surface area (Å²) >= 11 is 0. The van der Waals surface area contributed by atoms with Gasteiger partial charge in [0, 0.05) is 12.7 Å². The number of imidazole rings is 1. The lowest BCUT2D eigenvalue weighted by Gasteiger charge is -2.11. The van der Waals surface area contributed by atoms with Crippen LogP contribution in [0.3, 0.4) is 0 Å². The van der Waals surface area contributed by atoms with Crippen LogP contribution in [0.15, 0.2) is 97.2 Å². The second kappa shape index (κ2) is 7.88. The number of carboxylic acid groups (broad SMARTS) is 1. The van der Waals surface area contributed by atoms with E-state index >= 15 is 0 Å². The number of aromatic carboxylic acids is 1. The van der Waals surface area contributed by atoms with Gasteiger partial charge in [-0.15, -0.1) is 0 Å². The van der Waals surface area contributed by atoms with Crippen molar-refractivity contribution in [2.75, 3.05) is 0 Å². The summed E-state index contributed by atoms with van der Waals surface area (Å²) < 4.78 is 2.16. The van der Waals surface area contributed by atoms with E-state index in [-0.39, 0.29) is 0 Å². The summed E-state index contributed by atoms with van der Waals surface area (Å²) in [6.45, 7) is 0.632. The summed E-state index contributed by atoms with van der Waals surface area (Å²) in [7, 11) is 0. The van der Waals surface area contributed by atoms with E-state index in [4.69, 9.17) is 4.98 Å². The summed E-state index contributed by atoms with van der Waals surface area (Å²) in [5.41, 5.74) is 5.78. The molecule has 0 radical (unpaired) electrons. The molecule has 0 fully saturated rings. The van der Waals surface area contributed by atoms with Crippen molar-refractivity contribution in [3.05, 3.63) is 108 Å². The molecule has 0 aliphatic heterocycles. The molecule has 3 aromatic carbocycles. The molecule has 1 N–H and O–H groups in total. The van der Waals surface area contributed by atoms with Gasteiger partial charge in [0.15, 0.2) is 5.82 Å². The highest BCUT2D eigenvalue weighted by Gasteiger charge is 2.14. The van der Waals surface area contributed by atoms with Gasteiger partial charge >= 0.3 is 5.97 Å². The Kier molecular flexibility index (Phi) is 4.77. The number of carboxylic acids is 1. The summed E-state index contributed by atoms with van der Waals surface area (Å²) in [6, 6.07) is 28.9. The molecule has 0 amide bonds. The van der Waals surface area contributed by atoms with Gasteiger partial charge in [0.25, 0.3) is 0 Å². The number of para-hydroxylation sites is 2. The molecular formula is C26H19N3O2. The van der Waals surface area contributed by atoms with Crippen molar-refractivity contribution in [3.8, 4) is 22.6 Å². The third-order valence-corrected chi connectivity index (χ3v) is 5.31. The quantitative estimate of drug-likeness (QED) is 0.418. The van der Waals surface area contributed by atoms with Crippen LogP contribution in [0.25, 0.3) is 33.7 Å². The molecule has 0 saturated carbocycles. The molecule has 5 rings (SSSR count). The van der Waals surface area contributed by atoms with Gasteiger partial charge in [-0.1, -0.05) is 60.7 Å². The molecule has 5 nitrogen and oxygen atoms in total. The van der Waals surface area contributed by atoms with E-state index in [0.717, 1.165) is 33.7 Å². The van der Waals surface area contributed by atoms with Crippen LogP contribution in [0, 0.1) is 0 Å². The topological polar surface area (TPSA) is 68.0 Å². The molecule has 0 spiro atoms. The Morgan fingerprint density at radius 1 is 0.839 bits per heavy atom. The van der Waals surface area contributed by atoms with Gasteiger partial charge in [-0.05, 0) is 47.0 Å². The zero-order valence-corrected chi connectivity index (χ0v) is 16.6. The van der Waals surface area contributed by atoms with Crippen LogP contribution in [-0.4, -0.2) is 25.6 Å². The van der Waals surface area contributed by atoms with Gasteiger partial charge in [0.2, 0.25) is 0 Å². The Bertz CT molecular complexity index is 1370. The summed E-state index contributed by atoms with van der Waals surface area (Å²) in [6.07, 6.45) is 1.77. The van der Waals surface area contributed by atoms with Gasteiger partial charge in [-0.25, -0.2) is 9.78 Å². The van der Waals surface area contributed by atoms with Crippen LogP contribution < -0.4 is 0 Å². The SMILES string of the molecule is O=C(O)c1ccccc1-c1ccc(Cn2c(-c3ccccn3)nc3ccccc32)cc1. The number of hydrogen-bond acceptors (Lipinski definition) is 3. The molecule has 0 bridgehead atoms. The third-order valence-electron chi connectivity index (χ3n) is 5.31. The number of pyridine rings is 1. The maximum atomic E-state index is 11.6. The molecule has 0 saturated heterocycles. The molecule has 2 heterocycles. The summed E-state index contributed by atoms with van der Waals surface area (Å²) in [5.74, 6) is -0.105. The Morgan fingerprint density at radius 3 is 2.35 bits per heavy atom. The zero-order valence-electron chi connectivity index (χ0n) is 16.6. The molecule has 2 aromatic heterocycles. The average Bonchev–Trinajstić information content (AvgIpc) is 3.18. The molecule has 0 aliphatic carbocycles. The van der Waals surface area contributed by atoms with Crippen LogP contribution >= 0.6 is 0 Å². The minimum atomic E-state index is -0.926. The second-order valence-corrected chi connectivity index (χ2v) is 7.27. The molecule has 0 atom stereocenters. The normalized spacial score (nSPS) is 11.0. The van der Waals surface area contributed by atoms with Crippen LogP contribution in [0.5, 0.6) is 0 Å². The van der Waals surface area contributed by atoms with E-state index < -0.39 is 5.97 Å². The zero-order chi connectivity index (χ0) is 21.2. The first-order chi connectivity index (χ1) is 15.2. The number of nitrogens with zero attached hydrogens (tertiary/aromatic N) is 3. The van der Waals surface area contributed by atoms with Crippen LogP contribution in [0.4, 0.5) is 0 Å². The number of rotatable bonds is 5. The number of benzene rings is 3. The first-order valence-electron chi connectivity index (χ1n) is 9.99. The first kappa shape index (κ1) is 18.8. The van der Waals surface area contributed by atoms with Crippen molar-refractivity contribution >= 4 is 17.0 Å². The van der Waals surface area contributed by atoms with Gasteiger partial charge in [-0.3, -0.25) is 4.98 Å². The van der Waals surface area contributed by atoms with Crippen molar-refractivity contribution in [2.45, 2.75) is 6.54 Å². The fraction of sp³-hybridized carbons (Fsp3) is 0.0385. The standard InChI is InChI=1S/C26H19N3O2/c30-26(31)21-8-2-1-7-20(21)19-14-12-18(13-15-19)17-29-24-11-4-3-9-22(24)28-25(29)23-10-5-6-16-27-23/h1-16H,17H2,(H,30,31). The van der Waals surface area contributed by atoms with Crippen LogP contribution in [0.2, 0.25) is 0 Å². The van der Waals surface area contributed by atoms with Crippen LogP contribution in [0.1, 0.15) is 15.9 Å². The summed E-state index contributed by atoms with van der Waals surface area (Å²) in [5, 5.41) is 9.48. The molecular weight excluding hydrogens is 386 g/mol. The molecule has 5 aromatic rings. The van der Waals surface area contributed by atoms with Crippen molar-refractivity contribution in [1.29, 1.82) is 0 Å². The first-order valence-corrected chi connectivity index (χ1v) is 9.99. The highest BCUT2D eigenvalue weighted by Crippen LogP contribution is 2.27. The Balaban J connectivity index is 1.53. The monoisotopic (exact) mass is 405 g/mol. The lowest BCUT2D eigenvalue weighted by molar-refractivity contribution is 0.0697. The van der Waals surface area contributed by atoms with Crippen molar-refractivity contribution in [3.63, 3.8) is 0 Å². The fourth-order valence-corrected chi connectivity index (χ4v) is 3.82.